The highest BCUT2D eigenvalue weighted by Gasteiger charge is 2.49. The van der Waals surface area contributed by atoms with Gasteiger partial charge in [0.15, 0.2) is 0 Å². The fourth-order valence-electron chi connectivity index (χ4n) is 1.79. The average molecular weight is 308 g/mol. The molecule has 0 spiro atoms. The first-order valence-corrected chi connectivity index (χ1v) is 7.29. The second kappa shape index (κ2) is 11.3. The van der Waals surface area contributed by atoms with Gasteiger partial charge in [0, 0.05) is 26.2 Å². The number of rotatable bonds is 14. The zero-order valence-electron chi connectivity index (χ0n) is 13.3. The monoisotopic (exact) mass is 308 g/mol. The molecule has 0 unspecified atom stereocenters. The number of hydrogen-bond acceptors (Lipinski definition) is 8. The Hall–Kier alpha value is -0.320. The van der Waals surface area contributed by atoms with Crippen LogP contribution in [0.1, 0.15) is 13.8 Å². The maximum Gasteiger partial charge on any atom is 0.290 e. The summed E-state index contributed by atoms with van der Waals surface area (Å²) in [6, 6.07) is 0. The highest BCUT2D eigenvalue weighted by atomic mass is 16.9. The van der Waals surface area contributed by atoms with Gasteiger partial charge in [0.25, 0.3) is 5.97 Å². The molecule has 0 aliphatic rings. The van der Waals surface area contributed by atoms with E-state index in [2.05, 4.69) is 0 Å². The molecule has 8 heteroatoms. The van der Waals surface area contributed by atoms with Gasteiger partial charge in [0.2, 0.25) is 0 Å². The van der Waals surface area contributed by atoms with Gasteiger partial charge in [-0.05, 0) is 13.8 Å². The van der Waals surface area contributed by atoms with Crippen LogP contribution in [0.25, 0.3) is 0 Å². The summed E-state index contributed by atoms with van der Waals surface area (Å²) in [6.07, 6.45) is 0. The van der Waals surface area contributed by atoms with Crippen molar-refractivity contribution in [2.45, 2.75) is 19.8 Å². The molecule has 0 aliphatic heterocycles. The largest absolute Gasteiger partial charge is 0.379 e. The van der Waals surface area contributed by atoms with Gasteiger partial charge in [0.05, 0.1) is 38.4 Å². The molecule has 0 bridgehead atoms. The zero-order chi connectivity index (χ0) is 16.2. The summed E-state index contributed by atoms with van der Waals surface area (Å²) in [5, 5.41) is 0. The first kappa shape index (κ1) is 20.7. The lowest BCUT2D eigenvalue weighted by Gasteiger charge is -2.44. The Labute approximate surface area is 127 Å². The molecule has 0 aromatic carbocycles. The second-order valence-electron chi connectivity index (χ2n) is 5.19. The van der Waals surface area contributed by atoms with Crippen LogP contribution in [0.3, 0.4) is 0 Å². The molecule has 0 aromatic rings. The SMILES string of the molecule is CC(C)(COCCN)C(OCCN)(OCCN)OCCN. The Balaban J connectivity index is 5.05. The van der Waals surface area contributed by atoms with Crippen LogP contribution in [-0.4, -0.2) is 65.2 Å². The standard InChI is InChI=1S/C13H32N4O4/c1-12(2,11-18-7-3-14)13(19-8-4-15,20-9-5-16)21-10-6-17/h3-11,14-17H2,1-2H3. The van der Waals surface area contributed by atoms with E-state index < -0.39 is 11.4 Å². The predicted molar refractivity (Wildman–Crippen MR) is 81.4 cm³/mol. The summed E-state index contributed by atoms with van der Waals surface area (Å²) in [7, 11) is 0. The first-order valence-electron chi connectivity index (χ1n) is 7.29. The van der Waals surface area contributed by atoms with Crippen LogP contribution in [0, 0.1) is 5.41 Å². The molecule has 0 radical (unpaired) electrons. The van der Waals surface area contributed by atoms with Gasteiger partial charge in [0.1, 0.15) is 0 Å². The Kier molecular flexibility index (Phi) is 11.1. The van der Waals surface area contributed by atoms with Crippen LogP contribution in [-0.2, 0) is 18.9 Å². The van der Waals surface area contributed by atoms with Crippen LogP contribution >= 0.6 is 0 Å². The number of hydrogen-bond donors (Lipinski definition) is 4. The van der Waals surface area contributed by atoms with E-state index >= 15 is 0 Å². The van der Waals surface area contributed by atoms with Gasteiger partial charge in [-0.3, -0.25) is 0 Å². The molecule has 0 aromatic heterocycles. The summed E-state index contributed by atoms with van der Waals surface area (Å²) >= 11 is 0. The molecule has 8 N–H and O–H groups in total. The fraction of sp³-hybridized carbons (Fsp3) is 1.00. The molecule has 8 nitrogen and oxygen atoms in total. The lowest BCUT2D eigenvalue weighted by molar-refractivity contribution is -0.427. The van der Waals surface area contributed by atoms with E-state index in [-0.39, 0.29) is 19.8 Å². The quantitative estimate of drug-likeness (QED) is 0.226. The molecule has 0 amide bonds. The van der Waals surface area contributed by atoms with Crippen molar-refractivity contribution in [3.05, 3.63) is 0 Å². The van der Waals surface area contributed by atoms with Gasteiger partial charge in [-0.1, -0.05) is 0 Å². The highest BCUT2D eigenvalue weighted by molar-refractivity contribution is 4.81. The third-order valence-electron chi connectivity index (χ3n) is 2.78. The predicted octanol–water partition coefficient (Wildman–Crippen LogP) is -1.43. The summed E-state index contributed by atoms with van der Waals surface area (Å²) in [5.74, 6) is -1.31. The number of ether oxygens (including phenoxy) is 4. The smallest absolute Gasteiger partial charge is 0.290 e. The molecule has 0 fully saturated rings. The van der Waals surface area contributed by atoms with Crippen LogP contribution in [0.5, 0.6) is 0 Å². The minimum Gasteiger partial charge on any atom is -0.379 e. The highest BCUT2D eigenvalue weighted by Crippen LogP contribution is 2.37. The minimum atomic E-state index is -1.31. The third-order valence-corrected chi connectivity index (χ3v) is 2.78. The number of nitrogens with two attached hydrogens (primary N) is 4. The third kappa shape index (κ3) is 6.98. The van der Waals surface area contributed by atoms with E-state index in [1.54, 1.807) is 0 Å². The topological polar surface area (TPSA) is 141 Å². The molecule has 21 heavy (non-hydrogen) atoms. The van der Waals surface area contributed by atoms with Gasteiger partial charge in [-0.25, -0.2) is 0 Å². The minimum absolute atomic E-state index is 0.287. The lowest BCUT2D eigenvalue weighted by atomic mass is 9.90. The first-order chi connectivity index (χ1) is 9.99. The van der Waals surface area contributed by atoms with E-state index in [0.717, 1.165) is 0 Å². The summed E-state index contributed by atoms with van der Waals surface area (Å²) < 4.78 is 22.9. The molecule has 0 saturated heterocycles. The Morgan fingerprint density at radius 2 is 1.05 bits per heavy atom. The van der Waals surface area contributed by atoms with E-state index in [1.165, 1.54) is 0 Å². The Bertz CT molecular complexity index is 233. The Morgan fingerprint density at radius 1 is 0.667 bits per heavy atom. The molecule has 0 heterocycles. The average Bonchev–Trinajstić information content (AvgIpc) is 2.46. The van der Waals surface area contributed by atoms with Crippen molar-refractivity contribution in [3.8, 4) is 0 Å². The van der Waals surface area contributed by atoms with Gasteiger partial charge >= 0.3 is 0 Å². The van der Waals surface area contributed by atoms with Crippen molar-refractivity contribution in [1.82, 2.24) is 0 Å². The van der Waals surface area contributed by atoms with E-state index in [1.807, 2.05) is 13.8 Å². The van der Waals surface area contributed by atoms with Crippen molar-refractivity contribution < 1.29 is 18.9 Å². The Morgan fingerprint density at radius 3 is 1.38 bits per heavy atom. The van der Waals surface area contributed by atoms with E-state index in [9.17, 15) is 0 Å². The van der Waals surface area contributed by atoms with Crippen LogP contribution in [0.4, 0.5) is 0 Å². The van der Waals surface area contributed by atoms with E-state index in [0.29, 0.717) is 39.4 Å². The molecule has 0 saturated carbocycles. The van der Waals surface area contributed by atoms with Crippen molar-refractivity contribution in [1.29, 1.82) is 0 Å². The van der Waals surface area contributed by atoms with Crippen molar-refractivity contribution in [2.24, 2.45) is 28.3 Å². The van der Waals surface area contributed by atoms with Crippen molar-refractivity contribution in [2.75, 3.05) is 59.2 Å². The van der Waals surface area contributed by atoms with Crippen LogP contribution in [0.15, 0.2) is 0 Å². The molecular formula is C13H32N4O4. The lowest BCUT2D eigenvalue weighted by Crippen LogP contribution is -2.55. The molecule has 0 rings (SSSR count). The summed E-state index contributed by atoms with van der Waals surface area (Å²) in [5.41, 5.74) is 21.4. The molecule has 0 aliphatic carbocycles. The molecule has 0 atom stereocenters. The van der Waals surface area contributed by atoms with Crippen molar-refractivity contribution in [3.63, 3.8) is 0 Å². The van der Waals surface area contributed by atoms with Crippen LogP contribution < -0.4 is 22.9 Å². The van der Waals surface area contributed by atoms with Gasteiger partial charge in [-0.2, -0.15) is 0 Å². The van der Waals surface area contributed by atoms with Gasteiger partial charge < -0.3 is 41.9 Å². The summed E-state index contributed by atoms with van der Waals surface area (Å²) in [4.78, 5) is 0. The van der Waals surface area contributed by atoms with Crippen molar-refractivity contribution >= 4 is 0 Å². The molecule has 128 valence electrons. The molecular weight excluding hydrogens is 276 g/mol. The maximum absolute atomic E-state index is 5.79. The van der Waals surface area contributed by atoms with E-state index in [4.69, 9.17) is 41.9 Å². The zero-order valence-corrected chi connectivity index (χ0v) is 13.3. The van der Waals surface area contributed by atoms with Crippen LogP contribution in [0.2, 0.25) is 0 Å². The normalized spacial score (nSPS) is 12.9. The maximum atomic E-state index is 5.79. The summed E-state index contributed by atoms with van der Waals surface area (Å²) in [6.45, 7) is 6.99. The second-order valence-corrected chi connectivity index (χ2v) is 5.19. The van der Waals surface area contributed by atoms with Gasteiger partial charge in [-0.15, -0.1) is 0 Å². The fourth-order valence-corrected chi connectivity index (χ4v) is 1.79.